The lowest BCUT2D eigenvalue weighted by Gasteiger charge is -2.05. The summed E-state index contributed by atoms with van der Waals surface area (Å²) >= 11 is 5.15. The van der Waals surface area contributed by atoms with Crippen molar-refractivity contribution in [3.05, 3.63) is 36.0 Å². The lowest BCUT2D eigenvalue weighted by Crippen LogP contribution is -2.32. The molecule has 4 nitrogen and oxygen atoms in total. The van der Waals surface area contributed by atoms with E-state index in [0.29, 0.717) is 5.11 Å². The Morgan fingerprint density at radius 1 is 1.35 bits per heavy atom. The van der Waals surface area contributed by atoms with Gasteiger partial charge in [0.2, 0.25) is 0 Å². The van der Waals surface area contributed by atoms with Crippen molar-refractivity contribution in [3.63, 3.8) is 0 Å². The van der Waals surface area contributed by atoms with Crippen LogP contribution in [0.4, 0.5) is 0 Å². The van der Waals surface area contributed by atoms with Gasteiger partial charge in [-0.1, -0.05) is 38.0 Å². The number of para-hydroxylation sites is 1. The van der Waals surface area contributed by atoms with E-state index < -0.39 is 0 Å². The van der Waals surface area contributed by atoms with Gasteiger partial charge in [-0.05, 0) is 24.7 Å². The molecular weight excluding hydrogens is 268 g/mol. The predicted octanol–water partition coefficient (Wildman–Crippen LogP) is 3.16. The average molecular weight is 288 g/mol. The summed E-state index contributed by atoms with van der Waals surface area (Å²) in [6.45, 7) is 3.07. The number of fused-ring (bicyclic) bond motifs is 1. The van der Waals surface area contributed by atoms with E-state index in [1.807, 2.05) is 24.4 Å². The van der Waals surface area contributed by atoms with E-state index in [1.165, 1.54) is 12.8 Å². The standard InChI is InChI=1S/C15H20N4S/c1-2-3-6-9-16-15(20)19-18-11-12-10-17-14-8-5-4-7-13(12)14/h4-5,7-8,10-11,17H,2-3,6,9H2,1H3,(H2,16,19,20)/b18-11+. The number of hydrazone groups is 1. The van der Waals surface area contributed by atoms with Crippen molar-refractivity contribution in [2.45, 2.75) is 26.2 Å². The Balaban J connectivity index is 1.82. The molecule has 0 saturated carbocycles. The molecule has 1 heterocycles. The van der Waals surface area contributed by atoms with Gasteiger partial charge in [0.05, 0.1) is 6.21 Å². The molecule has 0 radical (unpaired) electrons. The highest BCUT2D eigenvalue weighted by Gasteiger charge is 1.99. The largest absolute Gasteiger partial charge is 0.361 e. The number of rotatable bonds is 6. The first-order chi connectivity index (χ1) is 9.81. The van der Waals surface area contributed by atoms with E-state index in [-0.39, 0.29) is 0 Å². The molecule has 20 heavy (non-hydrogen) atoms. The Morgan fingerprint density at radius 2 is 2.20 bits per heavy atom. The molecule has 0 amide bonds. The minimum Gasteiger partial charge on any atom is -0.361 e. The number of hydrogen-bond donors (Lipinski definition) is 3. The number of nitrogens with zero attached hydrogens (tertiary/aromatic N) is 1. The zero-order valence-corrected chi connectivity index (χ0v) is 12.5. The molecule has 0 fully saturated rings. The van der Waals surface area contributed by atoms with E-state index in [4.69, 9.17) is 12.2 Å². The van der Waals surface area contributed by atoms with Crippen LogP contribution < -0.4 is 10.7 Å². The molecule has 0 unspecified atom stereocenters. The monoisotopic (exact) mass is 288 g/mol. The first kappa shape index (κ1) is 14.5. The van der Waals surface area contributed by atoms with E-state index >= 15 is 0 Å². The molecule has 0 saturated heterocycles. The Kier molecular flexibility index (Phi) is 5.55. The maximum atomic E-state index is 5.15. The SMILES string of the molecule is CCCCCNC(=S)N/N=C/c1c[nH]c2ccccc12. The lowest BCUT2D eigenvalue weighted by atomic mass is 10.2. The molecule has 0 bridgehead atoms. The molecule has 0 spiro atoms. The van der Waals surface area contributed by atoms with Gasteiger partial charge in [0.15, 0.2) is 5.11 Å². The quantitative estimate of drug-likeness (QED) is 0.331. The van der Waals surface area contributed by atoms with Crippen LogP contribution in [0.3, 0.4) is 0 Å². The van der Waals surface area contributed by atoms with Crippen LogP contribution >= 0.6 is 12.2 Å². The minimum absolute atomic E-state index is 0.567. The van der Waals surface area contributed by atoms with Crippen LogP contribution in [0.5, 0.6) is 0 Å². The molecule has 0 aliphatic rings. The van der Waals surface area contributed by atoms with E-state index in [0.717, 1.165) is 29.4 Å². The molecule has 3 N–H and O–H groups in total. The molecule has 0 aliphatic heterocycles. The number of thiocarbonyl (C=S) groups is 1. The number of H-pyrrole nitrogens is 1. The summed E-state index contributed by atoms with van der Waals surface area (Å²) in [6, 6.07) is 8.13. The van der Waals surface area contributed by atoms with Gasteiger partial charge in [0.25, 0.3) is 0 Å². The molecule has 1 aromatic heterocycles. The van der Waals surface area contributed by atoms with Crippen molar-refractivity contribution in [1.82, 2.24) is 15.7 Å². The summed E-state index contributed by atoms with van der Waals surface area (Å²) in [5, 5.41) is 9.02. The zero-order valence-electron chi connectivity index (χ0n) is 11.6. The fourth-order valence-corrected chi connectivity index (χ4v) is 2.13. The second kappa shape index (κ2) is 7.65. The van der Waals surface area contributed by atoms with Crippen molar-refractivity contribution in [2.75, 3.05) is 6.54 Å². The molecule has 0 atom stereocenters. The molecule has 2 rings (SSSR count). The minimum atomic E-state index is 0.567. The Morgan fingerprint density at radius 3 is 3.05 bits per heavy atom. The third-order valence-corrected chi connectivity index (χ3v) is 3.29. The van der Waals surface area contributed by atoms with Crippen LogP contribution in [-0.4, -0.2) is 22.9 Å². The third-order valence-electron chi connectivity index (χ3n) is 3.06. The summed E-state index contributed by atoms with van der Waals surface area (Å²) in [7, 11) is 0. The first-order valence-electron chi connectivity index (χ1n) is 6.94. The number of aromatic nitrogens is 1. The summed E-state index contributed by atoms with van der Waals surface area (Å²) in [5.41, 5.74) is 4.99. The summed E-state index contributed by atoms with van der Waals surface area (Å²) < 4.78 is 0. The number of benzene rings is 1. The van der Waals surface area contributed by atoms with Crippen LogP contribution in [-0.2, 0) is 0 Å². The van der Waals surface area contributed by atoms with E-state index in [1.54, 1.807) is 6.21 Å². The van der Waals surface area contributed by atoms with E-state index in [2.05, 4.69) is 33.8 Å². The second-order valence-corrected chi connectivity index (χ2v) is 5.03. The Hall–Kier alpha value is -1.88. The smallest absolute Gasteiger partial charge is 0.186 e. The highest BCUT2D eigenvalue weighted by atomic mass is 32.1. The highest BCUT2D eigenvalue weighted by Crippen LogP contribution is 2.15. The molecular formula is C15H20N4S. The lowest BCUT2D eigenvalue weighted by molar-refractivity contribution is 0.691. The number of hydrogen-bond acceptors (Lipinski definition) is 2. The van der Waals surface area contributed by atoms with E-state index in [9.17, 15) is 0 Å². The summed E-state index contributed by atoms with van der Waals surface area (Å²) in [5.74, 6) is 0. The fourth-order valence-electron chi connectivity index (χ4n) is 1.98. The van der Waals surface area contributed by atoms with Crippen LogP contribution in [0.2, 0.25) is 0 Å². The molecule has 106 valence electrons. The zero-order chi connectivity index (χ0) is 14.2. The molecule has 1 aromatic carbocycles. The number of aromatic amines is 1. The molecule has 0 aliphatic carbocycles. The van der Waals surface area contributed by atoms with Gasteiger partial charge < -0.3 is 10.3 Å². The van der Waals surface area contributed by atoms with Crippen molar-refractivity contribution in [1.29, 1.82) is 0 Å². The fraction of sp³-hybridized carbons (Fsp3) is 0.333. The Bertz CT molecular complexity index is 588. The van der Waals surface area contributed by atoms with Crippen LogP contribution in [0.25, 0.3) is 10.9 Å². The highest BCUT2D eigenvalue weighted by molar-refractivity contribution is 7.80. The maximum absolute atomic E-state index is 5.15. The normalized spacial score (nSPS) is 11.1. The maximum Gasteiger partial charge on any atom is 0.186 e. The molecule has 2 aromatic rings. The van der Waals surface area contributed by atoms with Gasteiger partial charge in [-0.15, -0.1) is 0 Å². The summed E-state index contributed by atoms with van der Waals surface area (Å²) in [6.07, 6.45) is 7.27. The van der Waals surface area contributed by atoms with Crippen molar-refractivity contribution in [3.8, 4) is 0 Å². The van der Waals surface area contributed by atoms with Gasteiger partial charge in [-0.2, -0.15) is 5.10 Å². The van der Waals surface area contributed by atoms with Crippen LogP contribution in [0.15, 0.2) is 35.6 Å². The number of unbranched alkanes of at least 4 members (excludes halogenated alkanes) is 2. The van der Waals surface area contributed by atoms with Gasteiger partial charge in [0.1, 0.15) is 0 Å². The number of nitrogens with one attached hydrogen (secondary N) is 3. The van der Waals surface area contributed by atoms with Crippen molar-refractivity contribution in [2.24, 2.45) is 5.10 Å². The van der Waals surface area contributed by atoms with Gasteiger partial charge >= 0.3 is 0 Å². The first-order valence-corrected chi connectivity index (χ1v) is 7.35. The topological polar surface area (TPSA) is 52.2 Å². The van der Waals surface area contributed by atoms with Crippen molar-refractivity contribution < 1.29 is 0 Å². The third kappa shape index (κ3) is 4.06. The Labute approximate surface area is 124 Å². The predicted molar refractivity (Wildman–Crippen MR) is 89.2 cm³/mol. The average Bonchev–Trinajstić information content (AvgIpc) is 2.87. The van der Waals surface area contributed by atoms with Gasteiger partial charge in [-0.25, -0.2) is 0 Å². The molecule has 5 heteroatoms. The van der Waals surface area contributed by atoms with Gasteiger partial charge in [0, 0.05) is 29.2 Å². The van der Waals surface area contributed by atoms with Crippen LogP contribution in [0.1, 0.15) is 31.7 Å². The van der Waals surface area contributed by atoms with Gasteiger partial charge in [-0.3, -0.25) is 5.43 Å². The van der Waals surface area contributed by atoms with Crippen molar-refractivity contribution >= 4 is 34.4 Å². The second-order valence-electron chi connectivity index (χ2n) is 4.62. The summed E-state index contributed by atoms with van der Waals surface area (Å²) in [4.78, 5) is 3.21. The van der Waals surface area contributed by atoms with Crippen LogP contribution in [0, 0.1) is 0 Å².